The Morgan fingerprint density at radius 1 is 1.26 bits per heavy atom. The number of imide groups is 1. The third-order valence-electron chi connectivity index (χ3n) is 4.32. The van der Waals surface area contributed by atoms with E-state index in [0.717, 1.165) is 25.0 Å². The number of rotatable bonds is 4. The number of carbonyl (C=O) groups excluding carboxylic acids is 3. The van der Waals surface area contributed by atoms with Crippen LogP contribution in [0.5, 0.6) is 0 Å². The van der Waals surface area contributed by atoms with Crippen molar-refractivity contribution in [3.8, 4) is 0 Å². The minimum atomic E-state index is -0.313. The van der Waals surface area contributed by atoms with E-state index in [1.807, 2.05) is 34.9 Å². The number of aromatic nitrogens is 1. The van der Waals surface area contributed by atoms with Crippen LogP contribution in [-0.4, -0.2) is 24.5 Å². The maximum atomic E-state index is 11.9. The molecule has 2 heterocycles. The number of halogens is 2. The van der Waals surface area contributed by atoms with Crippen molar-refractivity contribution in [2.75, 3.05) is 0 Å². The van der Waals surface area contributed by atoms with E-state index >= 15 is 0 Å². The number of hydrogen-bond acceptors (Lipinski definition) is 4. The number of pyridine rings is 1. The molecule has 3 rings (SSSR count). The van der Waals surface area contributed by atoms with E-state index in [1.165, 1.54) is 3.57 Å². The summed E-state index contributed by atoms with van der Waals surface area (Å²) in [5.41, 5.74) is 0.745. The van der Waals surface area contributed by atoms with Crippen LogP contribution in [0, 0.1) is 9.49 Å². The third kappa shape index (κ3) is 4.28. The van der Waals surface area contributed by atoms with E-state index in [9.17, 15) is 14.4 Å². The van der Waals surface area contributed by atoms with E-state index in [0.29, 0.717) is 20.6 Å². The zero-order valence-corrected chi connectivity index (χ0v) is 16.7. The van der Waals surface area contributed by atoms with Crippen molar-refractivity contribution < 1.29 is 35.6 Å². The van der Waals surface area contributed by atoms with E-state index in [-0.39, 0.29) is 44.9 Å². The molecule has 23 heavy (non-hydrogen) atoms. The van der Waals surface area contributed by atoms with Crippen LogP contribution in [0.2, 0.25) is 0 Å². The quantitative estimate of drug-likeness (QED) is 0.231. The van der Waals surface area contributed by atoms with Gasteiger partial charge in [-0.15, -0.1) is 0 Å². The van der Waals surface area contributed by atoms with Crippen molar-refractivity contribution in [3.05, 3.63) is 27.6 Å². The van der Waals surface area contributed by atoms with Gasteiger partial charge < -0.3 is 0 Å². The molecule has 1 saturated carbocycles. The molecule has 0 radical (unpaired) electrons. The van der Waals surface area contributed by atoms with Crippen molar-refractivity contribution in [3.63, 3.8) is 0 Å². The molecule has 2 amide bonds. The SMILES string of the molecule is O=C1CCC(c2ccc([I-]C3CCC(C(=O)I)C3)cn2)C(=O)N1. The first-order chi connectivity index (χ1) is 11.0. The van der Waals surface area contributed by atoms with E-state index in [2.05, 4.69) is 16.4 Å². The fraction of sp³-hybridized carbons (Fsp3) is 0.500. The Hall–Kier alpha value is -0.580. The molecular weight excluding hydrogens is 522 g/mol. The Kier molecular flexibility index (Phi) is 5.65. The summed E-state index contributed by atoms with van der Waals surface area (Å²) in [7, 11) is 0. The van der Waals surface area contributed by atoms with E-state index in [4.69, 9.17) is 0 Å². The standard InChI is InChI=1S/C16H17I2N2O3/c17-15(22)9-1-2-10(7-9)18-11-3-5-13(19-8-11)12-4-6-14(21)20-16(12)23/h3,5,8-10,12H,1-2,4,6-7H2,(H,20,21,23)/q-1. The molecule has 7 heteroatoms. The van der Waals surface area contributed by atoms with Gasteiger partial charge in [-0.3, -0.25) is 0 Å². The summed E-state index contributed by atoms with van der Waals surface area (Å²) in [6.45, 7) is 0. The molecule has 0 aromatic carbocycles. The topological polar surface area (TPSA) is 76.1 Å². The second-order valence-corrected chi connectivity index (χ2v) is 10.6. The van der Waals surface area contributed by atoms with Crippen LogP contribution in [0.15, 0.2) is 18.3 Å². The van der Waals surface area contributed by atoms with Crippen LogP contribution >= 0.6 is 22.6 Å². The van der Waals surface area contributed by atoms with Crippen LogP contribution in [0.3, 0.4) is 0 Å². The molecule has 2 aliphatic rings. The number of amides is 2. The summed E-state index contributed by atoms with van der Waals surface area (Å²) in [6.07, 6.45) is 5.97. The van der Waals surface area contributed by atoms with E-state index in [1.54, 1.807) is 0 Å². The molecule has 1 aromatic heterocycles. The number of alkyl halides is 1. The molecule has 3 atom stereocenters. The number of hydrogen-bond donors (Lipinski definition) is 1. The molecule has 1 aromatic rings. The van der Waals surface area contributed by atoms with Crippen molar-refractivity contribution in [2.24, 2.45) is 5.92 Å². The monoisotopic (exact) mass is 539 g/mol. The number of nitrogens with one attached hydrogen (secondary N) is 1. The summed E-state index contributed by atoms with van der Waals surface area (Å²) in [4.78, 5) is 39.0. The van der Waals surface area contributed by atoms with Crippen LogP contribution in [0.25, 0.3) is 0 Å². The predicted octanol–water partition coefficient (Wildman–Crippen LogP) is -1.01. The Bertz CT molecular complexity index is 633. The first-order valence-corrected chi connectivity index (χ1v) is 11.1. The third-order valence-corrected chi connectivity index (χ3v) is 8.57. The van der Waals surface area contributed by atoms with Gasteiger partial charge in [-0.1, -0.05) is 0 Å². The predicted molar refractivity (Wildman–Crippen MR) is 88.2 cm³/mol. The van der Waals surface area contributed by atoms with Gasteiger partial charge in [0.15, 0.2) is 0 Å². The summed E-state index contributed by atoms with van der Waals surface area (Å²) < 4.78 is 2.20. The Morgan fingerprint density at radius 3 is 2.70 bits per heavy atom. The minimum absolute atomic E-state index is 0.152. The molecule has 1 N–H and O–H groups in total. The van der Waals surface area contributed by atoms with Crippen molar-refractivity contribution >= 4 is 38.2 Å². The normalized spacial score (nSPS) is 28.0. The second-order valence-electron chi connectivity index (χ2n) is 5.93. The average Bonchev–Trinajstić information content (AvgIpc) is 2.97. The van der Waals surface area contributed by atoms with Gasteiger partial charge in [0.05, 0.1) is 0 Å². The molecule has 1 saturated heterocycles. The van der Waals surface area contributed by atoms with Crippen LogP contribution < -0.4 is 26.5 Å². The molecule has 5 nitrogen and oxygen atoms in total. The molecule has 3 unspecified atom stereocenters. The van der Waals surface area contributed by atoms with E-state index < -0.39 is 0 Å². The molecular formula is C16H17I2N2O3-. The number of piperidine rings is 1. The molecule has 0 bridgehead atoms. The van der Waals surface area contributed by atoms with Crippen molar-refractivity contribution in [1.82, 2.24) is 10.3 Å². The summed E-state index contributed by atoms with van der Waals surface area (Å²) in [5.74, 6) is -0.506. The Morgan fingerprint density at radius 2 is 2.09 bits per heavy atom. The summed E-state index contributed by atoms with van der Waals surface area (Å²) in [5, 5.41) is 2.37. The van der Waals surface area contributed by atoms with Gasteiger partial charge in [-0.05, 0) is 0 Å². The first kappa shape index (κ1) is 17.2. The maximum absolute atomic E-state index is 11.9. The Balaban J connectivity index is 1.60. The van der Waals surface area contributed by atoms with Gasteiger partial charge in [0.2, 0.25) is 0 Å². The fourth-order valence-corrected chi connectivity index (χ4v) is 6.85. The molecule has 1 aliphatic heterocycles. The average molecular weight is 539 g/mol. The number of carbonyl (C=O) groups is 3. The van der Waals surface area contributed by atoms with Crippen molar-refractivity contribution in [1.29, 1.82) is 0 Å². The second kappa shape index (κ2) is 7.54. The summed E-state index contributed by atoms with van der Waals surface area (Å²) >= 11 is 1.76. The van der Waals surface area contributed by atoms with Crippen molar-refractivity contribution in [2.45, 2.75) is 41.9 Å². The van der Waals surface area contributed by atoms with Gasteiger partial charge in [0.25, 0.3) is 0 Å². The zero-order valence-electron chi connectivity index (χ0n) is 12.4. The molecule has 1 aliphatic carbocycles. The van der Waals surface area contributed by atoms with Gasteiger partial charge in [-0.25, -0.2) is 0 Å². The van der Waals surface area contributed by atoms with Gasteiger partial charge in [0.1, 0.15) is 0 Å². The van der Waals surface area contributed by atoms with Gasteiger partial charge >= 0.3 is 160 Å². The first-order valence-electron chi connectivity index (χ1n) is 7.65. The zero-order chi connectivity index (χ0) is 16.4. The molecule has 0 spiro atoms. The molecule has 124 valence electrons. The van der Waals surface area contributed by atoms with Gasteiger partial charge in [0, 0.05) is 0 Å². The van der Waals surface area contributed by atoms with Crippen LogP contribution in [0.1, 0.15) is 43.7 Å². The Labute approximate surface area is 158 Å². The molecule has 2 fully saturated rings. The van der Waals surface area contributed by atoms with Crippen LogP contribution in [0.4, 0.5) is 0 Å². The summed E-state index contributed by atoms with van der Waals surface area (Å²) in [6, 6.07) is 3.99. The van der Waals surface area contributed by atoms with Gasteiger partial charge in [-0.2, -0.15) is 0 Å². The number of nitrogens with zero attached hydrogens (tertiary/aromatic N) is 1. The van der Waals surface area contributed by atoms with Crippen LogP contribution in [-0.2, 0) is 14.4 Å². The fourth-order valence-electron chi connectivity index (χ4n) is 3.04.